The first-order valence-electron chi connectivity index (χ1n) is 8.78. The SMILES string of the molecule is O=C(/C=C/c1cccs1)NC1CCN(CC(=O)Nc2ccccc2)CC1. The molecule has 1 aliphatic heterocycles. The lowest BCUT2D eigenvalue weighted by molar-refractivity contribution is -0.119. The highest BCUT2D eigenvalue weighted by Gasteiger charge is 2.21. The van der Waals surface area contributed by atoms with Crippen molar-refractivity contribution in [3.05, 3.63) is 58.8 Å². The zero-order valence-corrected chi connectivity index (χ0v) is 15.4. The zero-order valence-electron chi connectivity index (χ0n) is 14.6. The molecule has 2 N–H and O–H groups in total. The highest BCUT2D eigenvalue weighted by Crippen LogP contribution is 2.12. The van der Waals surface area contributed by atoms with E-state index in [0.717, 1.165) is 36.5 Å². The van der Waals surface area contributed by atoms with E-state index in [-0.39, 0.29) is 17.9 Å². The van der Waals surface area contributed by atoms with Gasteiger partial charge in [-0.05, 0) is 42.5 Å². The van der Waals surface area contributed by atoms with Crippen LogP contribution in [-0.2, 0) is 9.59 Å². The van der Waals surface area contributed by atoms with Crippen molar-refractivity contribution in [1.29, 1.82) is 0 Å². The highest BCUT2D eigenvalue weighted by molar-refractivity contribution is 7.10. The molecular weight excluding hydrogens is 346 g/mol. The molecule has 2 heterocycles. The Morgan fingerprint density at radius 1 is 1.12 bits per heavy atom. The van der Waals surface area contributed by atoms with Gasteiger partial charge in [-0.15, -0.1) is 11.3 Å². The Kier molecular flexibility index (Phi) is 6.57. The number of rotatable bonds is 6. The lowest BCUT2D eigenvalue weighted by Gasteiger charge is -2.31. The number of para-hydroxylation sites is 1. The quantitative estimate of drug-likeness (QED) is 0.770. The van der Waals surface area contributed by atoms with Gasteiger partial charge in [-0.25, -0.2) is 0 Å². The maximum Gasteiger partial charge on any atom is 0.244 e. The third-order valence-corrected chi connectivity index (χ3v) is 5.14. The highest BCUT2D eigenvalue weighted by atomic mass is 32.1. The maximum absolute atomic E-state index is 12.1. The van der Waals surface area contributed by atoms with Gasteiger partial charge >= 0.3 is 0 Å². The molecule has 136 valence electrons. The second kappa shape index (κ2) is 9.31. The van der Waals surface area contributed by atoms with Crippen molar-refractivity contribution in [2.75, 3.05) is 25.0 Å². The van der Waals surface area contributed by atoms with Gasteiger partial charge in [0.1, 0.15) is 0 Å². The summed E-state index contributed by atoms with van der Waals surface area (Å²) < 4.78 is 0. The van der Waals surface area contributed by atoms with E-state index in [1.807, 2.05) is 53.9 Å². The number of nitrogens with one attached hydrogen (secondary N) is 2. The van der Waals surface area contributed by atoms with Crippen molar-refractivity contribution in [3.8, 4) is 0 Å². The summed E-state index contributed by atoms with van der Waals surface area (Å²) in [6, 6.07) is 13.6. The van der Waals surface area contributed by atoms with E-state index in [2.05, 4.69) is 15.5 Å². The first-order valence-corrected chi connectivity index (χ1v) is 9.66. The summed E-state index contributed by atoms with van der Waals surface area (Å²) in [7, 11) is 0. The van der Waals surface area contributed by atoms with Crippen LogP contribution in [0.1, 0.15) is 17.7 Å². The minimum Gasteiger partial charge on any atom is -0.350 e. The Balaban J connectivity index is 1.37. The zero-order chi connectivity index (χ0) is 18.2. The predicted octanol–water partition coefficient (Wildman–Crippen LogP) is 2.98. The molecule has 5 nitrogen and oxygen atoms in total. The molecule has 1 aromatic heterocycles. The van der Waals surface area contributed by atoms with Gasteiger partial charge < -0.3 is 10.6 Å². The molecule has 0 atom stereocenters. The Morgan fingerprint density at radius 3 is 2.58 bits per heavy atom. The molecular formula is C20H23N3O2S. The standard InChI is InChI=1S/C20H23N3O2S/c24-19(9-8-18-7-4-14-26-18)21-17-10-12-23(13-11-17)15-20(25)22-16-5-2-1-3-6-16/h1-9,14,17H,10-13,15H2,(H,21,24)(H,22,25)/b9-8+. The van der Waals surface area contributed by atoms with Crippen LogP contribution in [0.25, 0.3) is 6.08 Å². The number of amides is 2. The van der Waals surface area contributed by atoms with E-state index < -0.39 is 0 Å². The second-order valence-corrected chi connectivity index (χ2v) is 7.30. The summed E-state index contributed by atoms with van der Waals surface area (Å²) in [4.78, 5) is 27.3. The van der Waals surface area contributed by atoms with E-state index in [1.165, 1.54) is 0 Å². The molecule has 1 aliphatic rings. The molecule has 0 saturated carbocycles. The van der Waals surface area contributed by atoms with Crippen molar-refractivity contribution in [2.24, 2.45) is 0 Å². The predicted molar refractivity (Wildman–Crippen MR) is 106 cm³/mol. The molecule has 1 fully saturated rings. The fourth-order valence-corrected chi connectivity index (χ4v) is 3.57. The Morgan fingerprint density at radius 2 is 1.88 bits per heavy atom. The largest absolute Gasteiger partial charge is 0.350 e. The monoisotopic (exact) mass is 369 g/mol. The van der Waals surface area contributed by atoms with Crippen LogP contribution in [0.2, 0.25) is 0 Å². The minimum atomic E-state index is -0.0568. The Labute approximate surface area is 157 Å². The first-order chi connectivity index (χ1) is 12.7. The summed E-state index contributed by atoms with van der Waals surface area (Å²) in [5.74, 6) is -0.0590. The van der Waals surface area contributed by atoms with Gasteiger partial charge in [-0.3, -0.25) is 14.5 Å². The molecule has 0 bridgehead atoms. The van der Waals surface area contributed by atoms with Crippen molar-refractivity contribution in [1.82, 2.24) is 10.2 Å². The van der Waals surface area contributed by atoms with Crippen molar-refractivity contribution in [2.45, 2.75) is 18.9 Å². The number of piperidine rings is 1. The fourth-order valence-electron chi connectivity index (χ4n) is 2.95. The molecule has 26 heavy (non-hydrogen) atoms. The fraction of sp³-hybridized carbons (Fsp3) is 0.300. The number of carbonyl (C=O) groups is 2. The van der Waals surface area contributed by atoms with E-state index in [1.54, 1.807) is 17.4 Å². The van der Waals surface area contributed by atoms with Gasteiger partial charge in [-0.2, -0.15) is 0 Å². The number of likely N-dealkylation sites (tertiary alicyclic amines) is 1. The number of hydrogen-bond donors (Lipinski definition) is 2. The van der Waals surface area contributed by atoms with Crippen LogP contribution < -0.4 is 10.6 Å². The summed E-state index contributed by atoms with van der Waals surface area (Å²) in [6.45, 7) is 2.00. The van der Waals surface area contributed by atoms with Gasteiger partial charge in [0.25, 0.3) is 0 Å². The van der Waals surface area contributed by atoms with Crippen LogP contribution in [0.4, 0.5) is 5.69 Å². The van der Waals surface area contributed by atoms with Crippen LogP contribution in [0.5, 0.6) is 0 Å². The van der Waals surface area contributed by atoms with Crippen molar-refractivity contribution in [3.63, 3.8) is 0 Å². The Bertz CT molecular complexity index is 736. The van der Waals surface area contributed by atoms with Crippen LogP contribution >= 0.6 is 11.3 Å². The molecule has 0 aliphatic carbocycles. The molecule has 1 aromatic carbocycles. The van der Waals surface area contributed by atoms with Gasteiger partial charge in [-0.1, -0.05) is 24.3 Å². The Hall–Kier alpha value is -2.44. The molecule has 2 amide bonds. The van der Waals surface area contributed by atoms with Gasteiger partial charge in [0, 0.05) is 35.8 Å². The number of nitrogens with zero attached hydrogens (tertiary/aromatic N) is 1. The number of anilines is 1. The molecule has 3 rings (SSSR count). The summed E-state index contributed by atoms with van der Waals surface area (Å²) >= 11 is 1.61. The number of benzene rings is 1. The lowest BCUT2D eigenvalue weighted by atomic mass is 10.0. The summed E-state index contributed by atoms with van der Waals surface area (Å²) in [6.07, 6.45) is 5.14. The molecule has 0 spiro atoms. The minimum absolute atomic E-state index is 0.00225. The van der Waals surface area contributed by atoms with Gasteiger partial charge in [0.15, 0.2) is 0 Å². The summed E-state index contributed by atoms with van der Waals surface area (Å²) in [5.41, 5.74) is 0.817. The van der Waals surface area contributed by atoms with E-state index in [9.17, 15) is 9.59 Å². The smallest absolute Gasteiger partial charge is 0.244 e. The van der Waals surface area contributed by atoms with Crippen molar-refractivity contribution >= 4 is 34.9 Å². The van der Waals surface area contributed by atoms with Crippen LogP contribution in [-0.4, -0.2) is 42.4 Å². The topological polar surface area (TPSA) is 61.4 Å². The van der Waals surface area contributed by atoms with E-state index in [4.69, 9.17) is 0 Å². The molecule has 1 saturated heterocycles. The van der Waals surface area contributed by atoms with E-state index in [0.29, 0.717) is 6.54 Å². The average molecular weight is 369 g/mol. The maximum atomic E-state index is 12.1. The summed E-state index contributed by atoms with van der Waals surface area (Å²) in [5, 5.41) is 7.94. The molecule has 0 unspecified atom stereocenters. The molecule has 0 radical (unpaired) electrons. The number of hydrogen-bond acceptors (Lipinski definition) is 4. The van der Waals surface area contributed by atoms with Gasteiger partial charge in [0.2, 0.25) is 11.8 Å². The third-order valence-electron chi connectivity index (χ3n) is 4.30. The first kappa shape index (κ1) is 18.4. The van der Waals surface area contributed by atoms with Crippen molar-refractivity contribution < 1.29 is 9.59 Å². The number of thiophene rings is 1. The van der Waals surface area contributed by atoms with Crippen LogP contribution in [0.15, 0.2) is 53.9 Å². The van der Waals surface area contributed by atoms with Crippen LogP contribution in [0.3, 0.4) is 0 Å². The third kappa shape index (κ3) is 5.82. The second-order valence-electron chi connectivity index (χ2n) is 6.32. The van der Waals surface area contributed by atoms with E-state index >= 15 is 0 Å². The number of carbonyl (C=O) groups excluding carboxylic acids is 2. The average Bonchev–Trinajstić information content (AvgIpc) is 3.16. The molecule has 2 aromatic rings. The lowest BCUT2D eigenvalue weighted by Crippen LogP contribution is -2.46. The van der Waals surface area contributed by atoms with Gasteiger partial charge in [0.05, 0.1) is 6.54 Å². The van der Waals surface area contributed by atoms with Crippen LogP contribution in [0, 0.1) is 0 Å². The normalized spacial score (nSPS) is 15.8. The molecule has 6 heteroatoms.